The number of para-hydroxylation sites is 3. The molecule has 3 nitrogen and oxygen atoms in total. The van der Waals surface area contributed by atoms with Crippen molar-refractivity contribution in [2.75, 3.05) is 0 Å². The lowest BCUT2D eigenvalue weighted by atomic mass is 10.0. The Bertz CT molecular complexity index is 2770. The third kappa shape index (κ3) is 3.65. The number of aromatic nitrogens is 1. The Kier molecular flexibility index (Phi) is 5.00. The summed E-state index contributed by atoms with van der Waals surface area (Å²) < 4.78 is 14.6. The largest absolute Gasteiger partial charge is 0.456 e. The molecule has 0 aliphatic carbocycles. The van der Waals surface area contributed by atoms with E-state index in [1.54, 1.807) is 0 Å². The predicted octanol–water partition coefficient (Wildman–Crippen LogP) is 11.9. The second-order valence-corrected chi connectivity index (χ2v) is 11.8. The van der Waals surface area contributed by atoms with Crippen molar-refractivity contribution in [3.05, 3.63) is 152 Å². The van der Waals surface area contributed by atoms with Gasteiger partial charge in [0, 0.05) is 38.0 Å². The van der Waals surface area contributed by atoms with Gasteiger partial charge in [-0.15, -0.1) is 0 Å². The minimum atomic E-state index is 0.910. The molecule has 0 saturated heterocycles. The van der Waals surface area contributed by atoms with Crippen molar-refractivity contribution < 1.29 is 8.83 Å². The van der Waals surface area contributed by atoms with Crippen LogP contribution in [0.15, 0.2) is 160 Å². The molecule has 0 saturated carbocycles. The molecule has 45 heavy (non-hydrogen) atoms. The topological polar surface area (TPSA) is 31.2 Å². The first-order valence-electron chi connectivity index (χ1n) is 15.3. The van der Waals surface area contributed by atoms with Crippen molar-refractivity contribution in [2.24, 2.45) is 0 Å². The zero-order chi connectivity index (χ0) is 29.5. The lowest BCUT2D eigenvalue weighted by Crippen LogP contribution is -1.94. The van der Waals surface area contributed by atoms with Gasteiger partial charge in [-0.1, -0.05) is 91.0 Å². The lowest BCUT2D eigenvalue weighted by Gasteiger charge is -2.11. The quantitative estimate of drug-likeness (QED) is 0.210. The molecule has 0 unspecified atom stereocenters. The molecule has 210 valence electrons. The molecule has 0 spiro atoms. The van der Waals surface area contributed by atoms with E-state index in [0.29, 0.717) is 0 Å². The third-order valence-electron chi connectivity index (χ3n) is 9.20. The number of fused-ring (bicyclic) bond motifs is 9. The molecule has 3 aromatic heterocycles. The van der Waals surface area contributed by atoms with Gasteiger partial charge in [-0.25, -0.2) is 0 Å². The summed E-state index contributed by atoms with van der Waals surface area (Å²) in [6.45, 7) is 0. The van der Waals surface area contributed by atoms with Crippen LogP contribution in [-0.4, -0.2) is 4.57 Å². The van der Waals surface area contributed by atoms with Gasteiger partial charge in [0.05, 0.1) is 11.0 Å². The Morgan fingerprint density at radius 3 is 1.51 bits per heavy atom. The summed E-state index contributed by atoms with van der Waals surface area (Å²) in [6.07, 6.45) is 0. The summed E-state index contributed by atoms with van der Waals surface area (Å²) in [4.78, 5) is 0. The molecule has 0 fully saturated rings. The fourth-order valence-corrected chi connectivity index (χ4v) is 7.06. The highest BCUT2D eigenvalue weighted by Crippen LogP contribution is 2.38. The minimum Gasteiger partial charge on any atom is -0.456 e. The van der Waals surface area contributed by atoms with Crippen molar-refractivity contribution in [3.8, 4) is 27.9 Å². The maximum absolute atomic E-state index is 6.11. The fourth-order valence-electron chi connectivity index (χ4n) is 7.06. The molecule has 10 aromatic rings. The standard InChI is InChI=1S/C42H25NO2/c1-4-13-37-31(10-1)32-19-16-29(28-18-21-42-36(24-28)34-12-3-6-15-40(34)45-42)25-38(32)43(37)30-9-7-8-26(22-30)27-17-20-41-35(23-27)33-11-2-5-14-39(33)44-41/h1-25H. The molecular weight excluding hydrogens is 550 g/mol. The van der Waals surface area contributed by atoms with Gasteiger partial charge in [0.25, 0.3) is 0 Å². The maximum atomic E-state index is 6.11. The van der Waals surface area contributed by atoms with Gasteiger partial charge in [0.1, 0.15) is 22.3 Å². The zero-order valence-electron chi connectivity index (χ0n) is 24.2. The van der Waals surface area contributed by atoms with E-state index in [4.69, 9.17) is 8.83 Å². The summed E-state index contributed by atoms with van der Waals surface area (Å²) in [6, 6.07) is 53.9. The molecule has 10 rings (SSSR count). The molecule has 0 aliphatic rings. The molecule has 3 heterocycles. The smallest absolute Gasteiger partial charge is 0.135 e. The summed E-state index contributed by atoms with van der Waals surface area (Å²) in [5, 5.41) is 7.04. The van der Waals surface area contributed by atoms with E-state index >= 15 is 0 Å². The molecular formula is C42H25NO2. The number of hydrogen-bond acceptors (Lipinski definition) is 2. The van der Waals surface area contributed by atoms with E-state index < -0.39 is 0 Å². The average Bonchev–Trinajstić information content (AvgIpc) is 3.77. The Hall–Kier alpha value is -6.06. The second-order valence-electron chi connectivity index (χ2n) is 11.8. The average molecular weight is 576 g/mol. The van der Waals surface area contributed by atoms with E-state index in [1.165, 1.54) is 38.5 Å². The number of rotatable bonds is 3. The van der Waals surface area contributed by atoms with Gasteiger partial charge in [-0.2, -0.15) is 0 Å². The van der Waals surface area contributed by atoms with Crippen LogP contribution in [0.3, 0.4) is 0 Å². The van der Waals surface area contributed by atoms with Crippen molar-refractivity contribution in [2.45, 2.75) is 0 Å². The third-order valence-corrected chi connectivity index (χ3v) is 9.20. The van der Waals surface area contributed by atoms with Gasteiger partial charge in [-0.3, -0.25) is 0 Å². The van der Waals surface area contributed by atoms with E-state index in [9.17, 15) is 0 Å². The van der Waals surface area contributed by atoms with Gasteiger partial charge in [0.2, 0.25) is 0 Å². The van der Waals surface area contributed by atoms with Crippen molar-refractivity contribution in [1.82, 2.24) is 4.57 Å². The summed E-state index contributed by atoms with van der Waals surface area (Å²) in [5.74, 6) is 0. The molecule has 0 amide bonds. The van der Waals surface area contributed by atoms with Crippen LogP contribution in [0.25, 0.3) is 93.6 Å². The summed E-state index contributed by atoms with van der Waals surface area (Å²) in [5.41, 5.74) is 11.8. The maximum Gasteiger partial charge on any atom is 0.135 e. The highest BCUT2D eigenvalue weighted by molar-refractivity contribution is 6.11. The molecule has 3 heteroatoms. The van der Waals surface area contributed by atoms with Gasteiger partial charge >= 0.3 is 0 Å². The van der Waals surface area contributed by atoms with E-state index in [-0.39, 0.29) is 0 Å². The van der Waals surface area contributed by atoms with Gasteiger partial charge in [0.15, 0.2) is 0 Å². The number of furan rings is 2. The second kappa shape index (κ2) is 9.22. The van der Waals surface area contributed by atoms with Gasteiger partial charge in [-0.05, 0) is 82.9 Å². The Morgan fingerprint density at radius 1 is 0.311 bits per heavy atom. The molecule has 0 bridgehead atoms. The lowest BCUT2D eigenvalue weighted by molar-refractivity contribution is 0.668. The van der Waals surface area contributed by atoms with Crippen molar-refractivity contribution >= 4 is 65.7 Å². The van der Waals surface area contributed by atoms with Crippen LogP contribution >= 0.6 is 0 Å². The van der Waals surface area contributed by atoms with Crippen LogP contribution in [-0.2, 0) is 0 Å². The highest BCUT2D eigenvalue weighted by atomic mass is 16.3. The van der Waals surface area contributed by atoms with E-state index in [2.05, 4.69) is 132 Å². The normalized spacial score (nSPS) is 12.0. The number of benzene rings is 7. The summed E-state index contributed by atoms with van der Waals surface area (Å²) >= 11 is 0. The van der Waals surface area contributed by atoms with Crippen LogP contribution < -0.4 is 0 Å². The van der Waals surface area contributed by atoms with E-state index in [1.807, 2.05) is 24.3 Å². The SMILES string of the molecule is c1cc(-c2ccc3oc4ccccc4c3c2)cc(-n2c3ccccc3c3ccc(-c4ccc5oc6ccccc6c5c4)cc32)c1. The highest BCUT2D eigenvalue weighted by Gasteiger charge is 2.15. The van der Waals surface area contributed by atoms with Gasteiger partial charge < -0.3 is 13.4 Å². The first-order valence-corrected chi connectivity index (χ1v) is 15.3. The molecule has 0 radical (unpaired) electrons. The van der Waals surface area contributed by atoms with Crippen molar-refractivity contribution in [3.63, 3.8) is 0 Å². The summed E-state index contributed by atoms with van der Waals surface area (Å²) in [7, 11) is 0. The van der Waals surface area contributed by atoms with Crippen LogP contribution in [0, 0.1) is 0 Å². The molecule has 0 N–H and O–H groups in total. The minimum absolute atomic E-state index is 0.910. The van der Waals surface area contributed by atoms with Crippen molar-refractivity contribution in [1.29, 1.82) is 0 Å². The van der Waals surface area contributed by atoms with Crippen LogP contribution in [0.5, 0.6) is 0 Å². The molecule has 0 aliphatic heterocycles. The Balaban J connectivity index is 1.16. The first kappa shape index (κ1) is 24.4. The van der Waals surface area contributed by atoms with Crippen LogP contribution in [0.1, 0.15) is 0 Å². The first-order chi connectivity index (χ1) is 22.3. The van der Waals surface area contributed by atoms with E-state index in [0.717, 1.165) is 55.1 Å². The van der Waals surface area contributed by atoms with Crippen LogP contribution in [0.2, 0.25) is 0 Å². The predicted molar refractivity (Wildman–Crippen MR) is 186 cm³/mol. The molecule has 7 aromatic carbocycles. The Labute approximate surface area is 258 Å². The number of hydrogen-bond donors (Lipinski definition) is 0. The van der Waals surface area contributed by atoms with Crippen LogP contribution in [0.4, 0.5) is 0 Å². The number of nitrogens with zero attached hydrogens (tertiary/aromatic N) is 1. The molecule has 0 atom stereocenters. The fraction of sp³-hybridized carbons (Fsp3) is 0. The monoisotopic (exact) mass is 575 g/mol. The zero-order valence-corrected chi connectivity index (χ0v) is 24.2. The Morgan fingerprint density at radius 2 is 0.822 bits per heavy atom.